The number of nitrogens with zero attached hydrogens (tertiary/aromatic N) is 1. The molecule has 0 radical (unpaired) electrons. The number of benzene rings is 1. The molecule has 0 aliphatic heterocycles. The van der Waals surface area contributed by atoms with Gasteiger partial charge in [0.25, 0.3) is 0 Å². The zero-order valence-corrected chi connectivity index (χ0v) is 11.8. The number of carboxylic acid groups (broad SMARTS) is 1. The van der Waals surface area contributed by atoms with Gasteiger partial charge in [0.05, 0.1) is 5.69 Å². The number of H-pyrrole nitrogens is 1. The van der Waals surface area contributed by atoms with E-state index in [4.69, 9.17) is 9.84 Å². The summed E-state index contributed by atoms with van der Waals surface area (Å²) in [6.45, 7) is 0.394. The van der Waals surface area contributed by atoms with E-state index in [0.717, 1.165) is 22.0 Å². The first kappa shape index (κ1) is 13.4. The van der Waals surface area contributed by atoms with Crippen molar-refractivity contribution in [3.05, 3.63) is 58.7 Å². The number of para-hydroxylation sites is 1. The third-order valence-corrected chi connectivity index (χ3v) is 3.69. The summed E-state index contributed by atoms with van der Waals surface area (Å²) in [5.41, 5.74) is 1.66. The van der Waals surface area contributed by atoms with Crippen LogP contribution in [0.25, 0.3) is 11.3 Å². The molecule has 0 aliphatic carbocycles. The molecule has 6 heteroatoms. The summed E-state index contributed by atoms with van der Waals surface area (Å²) in [6, 6.07) is 11.1. The van der Waals surface area contributed by atoms with Gasteiger partial charge in [-0.25, -0.2) is 9.78 Å². The van der Waals surface area contributed by atoms with E-state index < -0.39 is 5.97 Å². The zero-order valence-electron chi connectivity index (χ0n) is 10.9. The SMILES string of the molecule is O=C(O)c1cc(-c2csc(COc3ccccc3)n2)c[nH]1. The van der Waals surface area contributed by atoms with Gasteiger partial charge in [0, 0.05) is 17.1 Å². The Labute approximate surface area is 124 Å². The number of carboxylic acids is 1. The minimum absolute atomic E-state index is 0.153. The van der Waals surface area contributed by atoms with Crippen LogP contribution in [0.2, 0.25) is 0 Å². The molecule has 5 nitrogen and oxygen atoms in total. The number of aromatic nitrogens is 2. The summed E-state index contributed by atoms with van der Waals surface area (Å²) in [5, 5.41) is 11.6. The average molecular weight is 300 g/mol. The van der Waals surface area contributed by atoms with Gasteiger partial charge in [-0.15, -0.1) is 11.3 Å². The molecule has 2 heterocycles. The number of nitrogens with one attached hydrogen (secondary N) is 1. The average Bonchev–Trinajstić information content (AvgIpc) is 3.15. The molecule has 0 atom stereocenters. The molecule has 2 N–H and O–H groups in total. The smallest absolute Gasteiger partial charge is 0.352 e. The van der Waals surface area contributed by atoms with Crippen LogP contribution < -0.4 is 4.74 Å². The lowest BCUT2D eigenvalue weighted by Gasteiger charge is -2.02. The molecule has 0 saturated heterocycles. The number of hydrogen-bond donors (Lipinski definition) is 2. The van der Waals surface area contributed by atoms with Crippen LogP contribution in [0.4, 0.5) is 0 Å². The maximum Gasteiger partial charge on any atom is 0.352 e. The van der Waals surface area contributed by atoms with Crippen molar-refractivity contribution in [1.29, 1.82) is 0 Å². The molecule has 0 amide bonds. The largest absolute Gasteiger partial charge is 0.486 e. The Hall–Kier alpha value is -2.60. The Morgan fingerprint density at radius 2 is 2.14 bits per heavy atom. The van der Waals surface area contributed by atoms with Crippen LogP contribution in [0.5, 0.6) is 5.75 Å². The fourth-order valence-electron chi connectivity index (χ4n) is 1.84. The summed E-state index contributed by atoms with van der Waals surface area (Å²) in [7, 11) is 0. The van der Waals surface area contributed by atoms with Gasteiger partial charge in [-0.1, -0.05) is 18.2 Å². The number of ether oxygens (including phenoxy) is 1. The number of rotatable bonds is 5. The topological polar surface area (TPSA) is 75.2 Å². The third-order valence-electron chi connectivity index (χ3n) is 2.87. The van der Waals surface area contributed by atoms with Crippen molar-refractivity contribution >= 4 is 17.3 Å². The minimum atomic E-state index is -0.982. The van der Waals surface area contributed by atoms with Gasteiger partial charge in [0.15, 0.2) is 0 Å². The van der Waals surface area contributed by atoms with Crippen LogP contribution in [0.3, 0.4) is 0 Å². The molecule has 2 aromatic heterocycles. The summed E-state index contributed by atoms with van der Waals surface area (Å²) in [5.74, 6) is -0.187. The summed E-state index contributed by atoms with van der Waals surface area (Å²) >= 11 is 1.48. The maximum absolute atomic E-state index is 10.8. The standard InChI is InChI=1S/C15H12N2O3S/c18-15(19)12-6-10(7-16-12)13-9-21-14(17-13)8-20-11-4-2-1-3-5-11/h1-7,9,16H,8H2,(H,18,19). The number of aromatic carboxylic acids is 1. The van der Waals surface area contributed by atoms with E-state index in [1.807, 2.05) is 35.7 Å². The Morgan fingerprint density at radius 3 is 2.86 bits per heavy atom. The molecule has 106 valence electrons. The van der Waals surface area contributed by atoms with E-state index in [1.165, 1.54) is 11.3 Å². The van der Waals surface area contributed by atoms with Crippen LogP contribution in [-0.2, 0) is 6.61 Å². The van der Waals surface area contributed by atoms with E-state index in [1.54, 1.807) is 12.3 Å². The number of aromatic amines is 1. The van der Waals surface area contributed by atoms with Gasteiger partial charge in [0.2, 0.25) is 0 Å². The summed E-state index contributed by atoms with van der Waals surface area (Å²) in [4.78, 5) is 18.0. The highest BCUT2D eigenvalue weighted by Crippen LogP contribution is 2.23. The first-order valence-electron chi connectivity index (χ1n) is 6.27. The van der Waals surface area contributed by atoms with Crippen LogP contribution in [-0.4, -0.2) is 21.0 Å². The molecule has 0 bridgehead atoms. The van der Waals surface area contributed by atoms with E-state index in [0.29, 0.717) is 6.61 Å². The van der Waals surface area contributed by atoms with Crippen molar-refractivity contribution in [2.75, 3.05) is 0 Å². The molecule has 0 aliphatic rings. The van der Waals surface area contributed by atoms with Crippen LogP contribution >= 0.6 is 11.3 Å². The highest BCUT2D eigenvalue weighted by molar-refractivity contribution is 7.09. The molecule has 21 heavy (non-hydrogen) atoms. The van der Waals surface area contributed by atoms with Gasteiger partial charge in [0.1, 0.15) is 23.1 Å². The van der Waals surface area contributed by atoms with Gasteiger partial charge in [-0.3, -0.25) is 0 Å². The van der Waals surface area contributed by atoms with E-state index in [2.05, 4.69) is 9.97 Å². The van der Waals surface area contributed by atoms with Crippen molar-refractivity contribution < 1.29 is 14.6 Å². The van der Waals surface area contributed by atoms with Crippen molar-refractivity contribution in [1.82, 2.24) is 9.97 Å². The Kier molecular flexibility index (Phi) is 3.70. The van der Waals surface area contributed by atoms with Crippen molar-refractivity contribution in [3.8, 4) is 17.0 Å². The van der Waals surface area contributed by atoms with E-state index >= 15 is 0 Å². The zero-order chi connectivity index (χ0) is 14.7. The Bertz CT molecular complexity index is 749. The fourth-order valence-corrected chi connectivity index (χ4v) is 2.55. The van der Waals surface area contributed by atoms with E-state index in [9.17, 15) is 4.79 Å². The molecule has 3 rings (SSSR count). The summed E-state index contributed by atoms with van der Waals surface area (Å²) in [6.07, 6.45) is 1.64. The van der Waals surface area contributed by atoms with Crippen molar-refractivity contribution in [2.24, 2.45) is 0 Å². The quantitative estimate of drug-likeness (QED) is 0.757. The number of thiazole rings is 1. The van der Waals surface area contributed by atoms with E-state index in [-0.39, 0.29) is 5.69 Å². The predicted octanol–water partition coefficient (Wildman–Crippen LogP) is 3.42. The lowest BCUT2D eigenvalue weighted by molar-refractivity contribution is 0.0691. The molecule has 0 unspecified atom stereocenters. The lowest BCUT2D eigenvalue weighted by atomic mass is 10.2. The highest BCUT2D eigenvalue weighted by atomic mass is 32.1. The molecule has 0 saturated carbocycles. The van der Waals surface area contributed by atoms with Gasteiger partial charge < -0.3 is 14.8 Å². The fraction of sp³-hybridized carbons (Fsp3) is 0.0667. The minimum Gasteiger partial charge on any atom is -0.486 e. The van der Waals surface area contributed by atoms with Gasteiger partial charge in [-0.2, -0.15) is 0 Å². The normalized spacial score (nSPS) is 10.5. The first-order chi connectivity index (χ1) is 10.2. The third kappa shape index (κ3) is 3.11. The second kappa shape index (κ2) is 5.80. The second-order valence-electron chi connectivity index (χ2n) is 4.34. The Morgan fingerprint density at radius 1 is 1.33 bits per heavy atom. The highest BCUT2D eigenvalue weighted by Gasteiger charge is 2.10. The number of carbonyl (C=O) groups is 1. The van der Waals surface area contributed by atoms with Crippen LogP contribution in [0.15, 0.2) is 48.0 Å². The molecule has 0 fully saturated rings. The second-order valence-corrected chi connectivity index (χ2v) is 5.28. The van der Waals surface area contributed by atoms with Gasteiger partial charge in [-0.05, 0) is 18.2 Å². The van der Waals surface area contributed by atoms with Crippen molar-refractivity contribution in [3.63, 3.8) is 0 Å². The summed E-state index contributed by atoms with van der Waals surface area (Å²) < 4.78 is 5.63. The molecule has 3 aromatic rings. The predicted molar refractivity (Wildman–Crippen MR) is 79.6 cm³/mol. The van der Waals surface area contributed by atoms with Crippen LogP contribution in [0.1, 0.15) is 15.5 Å². The van der Waals surface area contributed by atoms with Crippen LogP contribution in [0, 0.1) is 0 Å². The molecule has 0 spiro atoms. The number of hydrogen-bond acceptors (Lipinski definition) is 4. The monoisotopic (exact) mass is 300 g/mol. The van der Waals surface area contributed by atoms with Crippen molar-refractivity contribution in [2.45, 2.75) is 6.61 Å². The molecular weight excluding hydrogens is 288 g/mol. The lowest BCUT2D eigenvalue weighted by Crippen LogP contribution is -1.94. The molecular formula is C15H12N2O3S. The maximum atomic E-state index is 10.8. The Balaban J connectivity index is 1.69. The first-order valence-corrected chi connectivity index (χ1v) is 7.14. The molecule has 1 aromatic carbocycles. The van der Waals surface area contributed by atoms with Gasteiger partial charge >= 0.3 is 5.97 Å².